The normalized spacial score (nSPS) is 18.8. The van der Waals surface area contributed by atoms with Gasteiger partial charge < -0.3 is 18.9 Å². The number of carbonyl (C=O) groups is 2. The lowest BCUT2D eigenvalue weighted by Gasteiger charge is -2.26. The fourth-order valence-corrected chi connectivity index (χ4v) is 6.70. The van der Waals surface area contributed by atoms with Gasteiger partial charge in [-0.1, -0.05) is 39.5 Å². The summed E-state index contributed by atoms with van der Waals surface area (Å²) in [5.74, 6) is -15.0. The van der Waals surface area contributed by atoms with E-state index in [1.165, 1.54) is 6.07 Å². The molecule has 16 heteroatoms. The van der Waals surface area contributed by atoms with Crippen molar-refractivity contribution >= 4 is 11.9 Å². The average Bonchev–Trinajstić information content (AvgIpc) is 3.16. The van der Waals surface area contributed by atoms with Crippen LogP contribution in [-0.2, 0) is 0 Å². The first-order chi connectivity index (χ1) is 28.0. The summed E-state index contributed by atoms with van der Waals surface area (Å²) in [5.41, 5.74) is -2.92. The van der Waals surface area contributed by atoms with Crippen molar-refractivity contribution in [2.24, 2.45) is 23.7 Å². The molecular weight excluding hydrogens is 797 g/mol. The van der Waals surface area contributed by atoms with Gasteiger partial charge in [0.2, 0.25) is 0 Å². The van der Waals surface area contributed by atoms with Crippen LogP contribution in [0.3, 0.4) is 0 Å². The van der Waals surface area contributed by atoms with E-state index < -0.39 is 92.5 Å². The van der Waals surface area contributed by atoms with Crippen LogP contribution in [0.25, 0.3) is 0 Å². The van der Waals surface area contributed by atoms with Gasteiger partial charge in [-0.2, -0.15) is 5.26 Å². The Morgan fingerprint density at radius 2 is 0.814 bits per heavy atom. The van der Waals surface area contributed by atoms with Crippen LogP contribution in [0, 0.1) is 87.4 Å². The topological polar surface area (TPSA) is 94.9 Å². The second kappa shape index (κ2) is 19.8. The third-order valence-corrected chi connectivity index (χ3v) is 10.2. The average molecular weight is 836 g/mol. The predicted molar refractivity (Wildman–Crippen MR) is 193 cm³/mol. The summed E-state index contributed by atoms with van der Waals surface area (Å²) in [6.45, 7) is 4.98. The van der Waals surface area contributed by atoms with Crippen molar-refractivity contribution in [2.75, 3.05) is 13.2 Å². The Bertz CT molecular complexity index is 2120. The van der Waals surface area contributed by atoms with E-state index in [9.17, 15) is 49.1 Å². The van der Waals surface area contributed by atoms with E-state index >= 15 is 0 Å². The minimum absolute atomic E-state index is 0.0596. The molecule has 7 nitrogen and oxygen atoms in total. The van der Waals surface area contributed by atoms with Crippen LogP contribution in [0.1, 0.15) is 91.5 Å². The van der Waals surface area contributed by atoms with Crippen LogP contribution in [-0.4, -0.2) is 25.2 Å². The minimum Gasteiger partial charge on any atom is -0.493 e. The molecule has 4 aromatic carbocycles. The number of benzene rings is 4. The van der Waals surface area contributed by atoms with Gasteiger partial charge in [0.05, 0.1) is 13.2 Å². The largest absolute Gasteiger partial charge is 0.493 e. The van der Waals surface area contributed by atoms with E-state index in [1.807, 2.05) is 0 Å². The van der Waals surface area contributed by atoms with Gasteiger partial charge in [0.1, 0.15) is 80.7 Å². The molecule has 0 bridgehead atoms. The number of hydrogen-bond acceptors (Lipinski definition) is 7. The van der Waals surface area contributed by atoms with Gasteiger partial charge in [0.15, 0.2) is 17.5 Å². The van der Waals surface area contributed by atoms with Crippen molar-refractivity contribution in [1.29, 1.82) is 5.26 Å². The van der Waals surface area contributed by atoms with Crippen molar-refractivity contribution in [3.05, 3.63) is 118 Å². The Morgan fingerprint density at radius 3 is 1.14 bits per heavy atom. The van der Waals surface area contributed by atoms with E-state index in [1.54, 1.807) is 0 Å². The van der Waals surface area contributed by atoms with Crippen LogP contribution in [0.15, 0.2) is 48.5 Å². The van der Waals surface area contributed by atoms with Crippen LogP contribution < -0.4 is 18.9 Å². The first-order valence-corrected chi connectivity index (χ1v) is 18.7. The van der Waals surface area contributed by atoms with Crippen molar-refractivity contribution in [3.63, 3.8) is 0 Å². The number of halogens is 9. The summed E-state index contributed by atoms with van der Waals surface area (Å²) in [6.07, 6.45) is 8.22. The number of esters is 2. The van der Waals surface area contributed by atoms with Gasteiger partial charge in [0.25, 0.3) is 0 Å². The Hall–Kier alpha value is -5.72. The molecule has 6 rings (SSSR count). The Kier molecular flexibility index (Phi) is 14.9. The number of nitriles is 1. The first-order valence-electron chi connectivity index (χ1n) is 18.7. The molecule has 2 fully saturated rings. The fraction of sp³-hybridized carbons (Fsp3) is 0.372. The molecule has 0 aromatic heterocycles. The summed E-state index contributed by atoms with van der Waals surface area (Å²) >= 11 is 0. The lowest BCUT2D eigenvalue weighted by atomic mass is 9.83. The molecule has 2 aliphatic carbocycles. The van der Waals surface area contributed by atoms with Crippen molar-refractivity contribution in [3.8, 4) is 29.1 Å². The summed E-state index contributed by atoms with van der Waals surface area (Å²) in [7, 11) is 0. The molecule has 314 valence electrons. The SMILES string of the molecule is CC1CCC(COc2cc(F)c(C(=O)Oc3cc(F)c(C#N)c(F)c3)c(F)c2)CC1.CC1CCC(COc2cc(F)c(C(=O)Oc3cc(F)c(F)c(F)c3)c(F)c2)CC1. The van der Waals surface area contributed by atoms with E-state index in [4.69, 9.17) is 14.7 Å². The molecule has 0 N–H and O–H groups in total. The van der Waals surface area contributed by atoms with Crippen molar-refractivity contribution in [2.45, 2.75) is 65.2 Å². The number of nitrogens with zero attached hydrogens (tertiary/aromatic N) is 1. The number of ether oxygens (including phenoxy) is 4. The van der Waals surface area contributed by atoms with Crippen molar-refractivity contribution < 1.29 is 68.1 Å². The smallest absolute Gasteiger partial charge is 0.349 e. The molecule has 2 aliphatic rings. The van der Waals surface area contributed by atoms with Crippen LogP contribution >= 0.6 is 0 Å². The zero-order chi connectivity index (χ0) is 43.0. The Morgan fingerprint density at radius 1 is 0.508 bits per heavy atom. The lowest BCUT2D eigenvalue weighted by Crippen LogP contribution is -2.19. The van der Waals surface area contributed by atoms with Gasteiger partial charge in [-0.3, -0.25) is 0 Å². The standard InChI is InChI=1S/C22H19F4NO3.C21H19F5O3/c1-12-2-4-13(5-3-12)11-29-14-6-19(25)21(20(26)7-14)22(28)30-15-8-17(23)16(10-27)18(24)9-15;1-11-2-4-12(5-3-11)10-28-13-6-15(22)19(16(23)7-13)21(27)29-14-8-17(24)20(26)18(25)9-14/h6-9,12-13H,2-5,11H2,1H3;6-9,11-12H,2-5,10H2,1H3. The van der Waals surface area contributed by atoms with Gasteiger partial charge in [-0.05, 0) is 49.4 Å². The summed E-state index contributed by atoms with van der Waals surface area (Å²) in [4.78, 5) is 24.2. The molecule has 0 aliphatic heterocycles. The second-order valence-corrected chi connectivity index (χ2v) is 14.8. The molecule has 59 heavy (non-hydrogen) atoms. The van der Waals surface area contributed by atoms with E-state index in [0.29, 0.717) is 61.2 Å². The molecule has 0 radical (unpaired) electrons. The monoisotopic (exact) mass is 835 g/mol. The highest BCUT2D eigenvalue weighted by Crippen LogP contribution is 2.32. The molecule has 2 saturated carbocycles. The Balaban J connectivity index is 0.000000224. The highest BCUT2D eigenvalue weighted by molar-refractivity contribution is 5.92. The highest BCUT2D eigenvalue weighted by Gasteiger charge is 2.26. The maximum atomic E-state index is 14.3. The summed E-state index contributed by atoms with van der Waals surface area (Å²) in [5, 5.41) is 8.64. The molecule has 0 amide bonds. The molecule has 0 unspecified atom stereocenters. The molecular formula is C43H38F9NO6. The minimum atomic E-state index is -1.75. The number of hydrogen-bond donors (Lipinski definition) is 0. The quantitative estimate of drug-likeness (QED) is 0.0679. The summed E-state index contributed by atoms with van der Waals surface area (Å²) in [6, 6.07) is 6.69. The third kappa shape index (κ3) is 11.7. The maximum Gasteiger partial charge on any atom is 0.349 e. The van der Waals surface area contributed by atoms with E-state index in [0.717, 1.165) is 75.6 Å². The first kappa shape index (κ1) is 44.4. The van der Waals surface area contributed by atoms with E-state index in [-0.39, 0.29) is 11.5 Å². The maximum absolute atomic E-state index is 14.3. The molecule has 0 atom stereocenters. The summed E-state index contributed by atoms with van der Waals surface area (Å²) < 4.78 is 144. The highest BCUT2D eigenvalue weighted by atomic mass is 19.2. The van der Waals surface area contributed by atoms with Crippen LogP contribution in [0.5, 0.6) is 23.0 Å². The zero-order valence-electron chi connectivity index (χ0n) is 31.8. The molecule has 0 spiro atoms. The Labute approximate surface area is 333 Å². The molecule has 0 saturated heterocycles. The van der Waals surface area contributed by atoms with Crippen LogP contribution in [0.4, 0.5) is 39.5 Å². The predicted octanol–water partition coefficient (Wildman–Crippen LogP) is 11.3. The number of rotatable bonds is 10. The zero-order valence-corrected chi connectivity index (χ0v) is 31.8. The van der Waals surface area contributed by atoms with Crippen LogP contribution in [0.2, 0.25) is 0 Å². The van der Waals surface area contributed by atoms with Gasteiger partial charge in [-0.25, -0.2) is 49.1 Å². The fourth-order valence-electron chi connectivity index (χ4n) is 6.70. The van der Waals surface area contributed by atoms with Gasteiger partial charge in [-0.15, -0.1) is 0 Å². The second-order valence-electron chi connectivity index (χ2n) is 14.8. The lowest BCUT2D eigenvalue weighted by molar-refractivity contribution is 0.0712. The number of carbonyl (C=O) groups excluding carboxylic acids is 2. The van der Waals surface area contributed by atoms with Gasteiger partial charge in [0, 0.05) is 48.5 Å². The van der Waals surface area contributed by atoms with Gasteiger partial charge >= 0.3 is 11.9 Å². The van der Waals surface area contributed by atoms with E-state index in [2.05, 4.69) is 23.3 Å². The third-order valence-electron chi connectivity index (χ3n) is 10.2. The molecule has 0 heterocycles. The van der Waals surface area contributed by atoms with Crippen molar-refractivity contribution in [1.82, 2.24) is 0 Å². The molecule has 4 aromatic rings.